The van der Waals surface area contributed by atoms with Crippen LogP contribution in [-0.2, 0) is 9.59 Å². The molecule has 4 nitrogen and oxygen atoms in total. The molecule has 0 saturated carbocycles. The van der Waals surface area contributed by atoms with Crippen LogP contribution in [0.1, 0.15) is 22.7 Å². The van der Waals surface area contributed by atoms with Crippen LogP contribution in [0.15, 0.2) is 72.8 Å². The first kappa shape index (κ1) is 18.9. The summed E-state index contributed by atoms with van der Waals surface area (Å²) in [5.74, 6) is -1.12. The number of carbonyl (C=O) groups excluding carboxylic acids is 2. The van der Waals surface area contributed by atoms with Gasteiger partial charge in [0.1, 0.15) is 18.4 Å². The molecule has 0 radical (unpaired) electrons. The molecular weight excluding hydrogens is 367 g/mol. The molecule has 0 aromatic heterocycles. The van der Waals surface area contributed by atoms with Crippen molar-refractivity contribution in [1.82, 2.24) is 0 Å². The molecule has 0 aliphatic carbocycles. The summed E-state index contributed by atoms with van der Waals surface area (Å²) in [7, 11) is 0. The van der Waals surface area contributed by atoms with Gasteiger partial charge in [-0.05, 0) is 48.7 Å². The van der Waals surface area contributed by atoms with Gasteiger partial charge in [0.25, 0.3) is 5.91 Å². The van der Waals surface area contributed by atoms with Crippen LogP contribution in [0.4, 0.5) is 15.8 Å². The van der Waals surface area contributed by atoms with Crippen LogP contribution in [0.5, 0.6) is 0 Å². The Kier molecular flexibility index (Phi) is 4.89. The van der Waals surface area contributed by atoms with E-state index in [1.807, 2.05) is 50.2 Å². The van der Waals surface area contributed by atoms with E-state index in [2.05, 4.69) is 0 Å². The van der Waals surface area contributed by atoms with Gasteiger partial charge in [0.15, 0.2) is 0 Å². The second kappa shape index (κ2) is 7.51. The Morgan fingerprint density at radius 1 is 0.828 bits per heavy atom. The Bertz CT molecular complexity index is 1080. The van der Waals surface area contributed by atoms with Gasteiger partial charge in [0.05, 0.1) is 5.69 Å². The summed E-state index contributed by atoms with van der Waals surface area (Å²) in [5, 5.41) is 0. The van der Waals surface area contributed by atoms with E-state index in [9.17, 15) is 14.0 Å². The van der Waals surface area contributed by atoms with Gasteiger partial charge >= 0.3 is 0 Å². The van der Waals surface area contributed by atoms with Gasteiger partial charge < -0.3 is 4.90 Å². The molecule has 3 aromatic carbocycles. The number of amides is 2. The maximum Gasteiger partial charge on any atom is 0.255 e. The molecule has 1 unspecified atom stereocenters. The molecule has 1 atom stereocenters. The number of para-hydroxylation sites is 1. The molecule has 1 aliphatic rings. The fraction of sp³-hybridized carbons (Fsp3) is 0.167. The Labute approximate surface area is 169 Å². The van der Waals surface area contributed by atoms with Crippen LogP contribution in [0.3, 0.4) is 0 Å². The smallest absolute Gasteiger partial charge is 0.255 e. The summed E-state index contributed by atoms with van der Waals surface area (Å²) in [6.45, 7) is 3.76. The highest BCUT2D eigenvalue weighted by Crippen LogP contribution is 2.36. The normalized spacial score (nSPS) is 17.0. The highest BCUT2D eigenvalue weighted by molar-refractivity contribution is 6.14. The first-order valence-electron chi connectivity index (χ1n) is 9.48. The van der Waals surface area contributed by atoms with E-state index in [1.54, 1.807) is 24.3 Å². The quantitative estimate of drug-likeness (QED) is 0.660. The van der Waals surface area contributed by atoms with Crippen molar-refractivity contribution in [3.63, 3.8) is 0 Å². The van der Waals surface area contributed by atoms with E-state index in [0.717, 1.165) is 11.1 Å². The second-order valence-corrected chi connectivity index (χ2v) is 7.17. The maximum atomic E-state index is 14.6. The predicted octanol–water partition coefficient (Wildman–Crippen LogP) is 4.56. The number of hydrogen-bond acceptors (Lipinski definition) is 2. The highest BCUT2D eigenvalue weighted by atomic mass is 19.1. The van der Waals surface area contributed by atoms with E-state index in [1.165, 1.54) is 21.9 Å². The largest absolute Gasteiger partial charge is 0.301 e. The molecule has 1 heterocycles. The summed E-state index contributed by atoms with van der Waals surface area (Å²) >= 11 is 0. The lowest BCUT2D eigenvalue weighted by molar-refractivity contribution is -0.128. The Morgan fingerprint density at radius 2 is 1.48 bits per heavy atom. The van der Waals surface area contributed by atoms with Gasteiger partial charge in [-0.1, -0.05) is 54.6 Å². The summed E-state index contributed by atoms with van der Waals surface area (Å²) in [6.07, 6.45) is 0. The third-order valence-corrected chi connectivity index (χ3v) is 5.41. The number of anilines is 2. The molecule has 5 heteroatoms. The van der Waals surface area contributed by atoms with Crippen molar-refractivity contribution in [2.45, 2.75) is 19.9 Å². The highest BCUT2D eigenvalue weighted by Gasteiger charge is 2.42. The zero-order valence-electron chi connectivity index (χ0n) is 16.3. The minimum atomic E-state index is -0.936. The number of piperazine rings is 1. The molecule has 29 heavy (non-hydrogen) atoms. The summed E-state index contributed by atoms with van der Waals surface area (Å²) < 4.78 is 14.6. The van der Waals surface area contributed by atoms with Gasteiger partial charge in [0.2, 0.25) is 5.91 Å². The second-order valence-electron chi connectivity index (χ2n) is 7.17. The lowest BCUT2D eigenvalue weighted by Gasteiger charge is -2.41. The number of halogens is 1. The molecule has 3 aromatic rings. The monoisotopic (exact) mass is 388 g/mol. The minimum Gasteiger partial charge on any atom is -0.301 e. The molecule has 0 bridgehead atoms. The average Bonchev–Trinajstić information content (AvgIpc) is 2.73. The number of carbonyl (C=O) groups is 2. The van der Waals surface area contributed by atoms with Gasteiger partial charge in [-0.2, -0.15) is 0 Å². The number of rotatable bonds is 3. The zero-order chi connectivity index (χ0) is 20.5. The van der Waals surface area contributed by atoms with Crippen molar-refractivity contribution in [1.29, 1.82) is 0 Å². The maximum absolute atomic E-state index is 14.6. The number of hydrogen-bond donors (Lipinski definition) is 0. The Hall–Kier alpha value is -3.47. The number of aryl methyl sites for hydroxylation is 1. The van der Waals surface area contributed by atoms with Crippen LogP contribution in [0.25, 0.3) is 0 Å². The van der Waals surface area contributed by atoms with E-state index in [0.29, 0.717) is 11.3 Å². The summed E-state index contributed by atoms with van der Waals surface area (Å²) in [4.78, 5) is 29.7. The summed E-state index contributed by atoms with van der Waals surface area (Å²) in [6, 6.07) is 19.8. The van der Waals surface area contributed by atoms with Crippen LogP contribution >= 0.6 is 0 Å². The molecule has 1 fully saturated rings. The number of nitrogens with zero attached hydrogens (tertiary/aromatic N) is 2. The summed E-state index contributed by atoms with van der Waals surface area (Å²) in [5.41, 5.74) is 3.44. The van der Waals surface area contributed by atoms with Crippen LogP contribution < -0.4 is 9.80 Å². The fourth-order valence-electron chi connectivity index (χ4n) is 3.77. The molecule has 0 N–H and O–H groups in total. The van der Waals surface area contributed by atoms with Gasteiger partial charge in [0, 0.05) is 5.69 Å². The van der Waals surface area contributed by atoms with Crippen LogP contribution in [0.2, 0.25) is 0 Å². The minimum absolute atomic E-state index is 0.111. The molecule has 1 saturated heterocycles. The van der Waals surface area contributed by atoms with Crippen molar-refractivity contribution < 1.29 is 14.0 Å². The molecule has 1 aliphatic heterocycles. The standard InChI is InChI=1S/C24H21FN2O2/c1-16-9-8-14-20(17(16)2)26-15-22(28)27(21-13-7-6-12-19(21)25)23(24(26)29)18-10-4-3-5-11-18/h3-14,23H,15H2,1-2H3. The van der Waals surface area contributed by atoms with Gasteiger partial charge in [-0.3, -0.25) is 14.5 Å². The molecular formula is C24H21FN2O2. The molecule has 146 valence electrons. The van der Waals surface area contributed by atoms with E-state index < -0.39 is 11.9 Å². The van der Waals surface area contributed by atoms with Crippen molar-refractivity contribution in [2.24, 2.45) is 0 Å². The molecule has 4 rings (SSSR count). The lowest BCUT2D eigenvalue weighted by atomic mass is 9.98. The number of benzene rings is 3. The molecule has 0 spiro atoms. The third kappa shape index (κ3) is 3.29. The topological polar surface area (TPSA) is 40.6 Å². The third-order valence-electron chi connectivity index (χ3n) is 5.41. The SMILES string of the molecule is Cc1cccc(N2CC(=O)N(c3ccccc3F)C(c3ccccc3)C2=O)c1C. The van der Waals surface area contributed by atoms with Crippen molar-refractivity contribution in [2.75, 3.05) is 16.3 Å². The van der Waals surface area contributed by atoms with Gasteiger partial charge in [-0.15, -0.1) is 0 Å². The Morgan fingerprint density at radius 3 is 2.21 bits per heavy atom. The van der Waals surface area contributed by atoms with Crippen molar-refractivity contribution in [3.05, 3.63) is 95.3 Å². The Balaban J connectivity index is 1.86. The van der Waals surface area contributed by atoms with E-state index in [-0.39, 0.29) is 24.0 Å². The predicted molar refractivity (Wildman–Crippen MR) is 111 cm³/mol. The van der Waals surface area contributed by atoms with Gasteiger partial charge in [-0.25, -0.2) is 4.39 Å². The van der Waals surface area contributed by atoms with Crippen molar-refractivity contribution >= 4 is 23.2 Å². The van der Waals surface area contributed by atoms with Crippen LogP contribution in [-0.4, -0.2) is 18.4 Å². The molecule has 2 amide bonds. The van der Waals surface area contributed by atoms with Crippen molar-refractivity contribution in [3.8, 4) is 0 Å². The first-order chi connectivity index (χ1) is 14.0. The van der Waals surface area contributed by atoms with E-state index >= 15 is 0 Å². The fourth-order valence-corrected chi connectivity index (χ4v) is 3.77. The zero-order valence-corrected chi connectivity index (χ0v) is 16.3. The first-order valence-corrected chi connectivity index (χ1v) is 9.48. The van der Waals surface area contributed by atoms with E-state index in [4.69, 9.17) is 0 Å². The lowest BCUT2D eigenvalue weighted by Crippen LogP contribution is -2.56. The van der Waals surface area contributed by atoms with Crippen LogP contribution in [0, 0.1) is 19.7 Å². The average molecular weight is 388 g/mol.